The third-order valence-electron chi connectivity index (χ3n) is 2.90. The van der Waals surface area contributed by atoms with E-state index in [1.807, 2.05) is 20.8 Å². The number of aromatic nitrogens is 2. The zero-order chi connectivity index (χ0) is 15.8. The Morgan fingerprint density at radius 1 is 1.38 bits per heavy atom. The number of carbonyl (C=O) groups excluding carboxylic acids is 2. The zero-order valence-corrected chi connectivity index (χ0v) is 13.1. The molecule has 1 N–H and O–H groups in total. The number of anilines is 1. The van der Waals surface area contributed by atoms with Crippen LogP contribution in [0.2, 0.25) is 0 Å². The number of carbonyl (C=O) groups is 2. The molecular formula is C14H24N4O3. The molecule has 1 aromatic heterocycles. The molecule has 0 aliphatic rings. The number of hydrogen-bond donors (Lipinski definition) is 1. The van der Waals surface area contributed by atoms with Crippen LogP contribution in [0.15, 0.2) is 12.3 Å². The molecule has 0 saturated carbocycles. The predicted molar refractivity (Wildman–Crippen MR) is 80.0 cm³/mol. The van der Waals surface area contributed by atoms with Crippen molar-refractivity contribution in [1.29, 1.82) is 0 Å². The normalized spacial score (nSPS) is 11.0. The lowest BCUT2D eigenvalue weighted by Gasteiger charge is -2.19. The van der Waals surface area contributed by atoms with Gasteiger partial charge >= 0.3 is 5.97 Å². The highest BCUT2D eigenvalue weighted by atomic mass is 16.5. The van der Waals surface area contributed by atoms with Gasteiger partial charge in [0, 0.05) is 12.1 Å². The number of hydrogen-bond acceptors (Lipinski definition) is 5. The van der Waals surface area contributed by atoms with E-state index in [1.165, 1.54) is 0 Å². The fourth-order valence-corrected chi connectivity index (χ4v) is 1.88. The number of esters is 1. The van der Waals surface area contributed by atoms with Crippen molar-refractivity contribution in [2.75, 3.05) is 31.6 Å². The van der Waals surface area contributed by atoms with Gasteiger partial charge in [0.05, 0.1) is 25.9 Å². The molecule has 0 aliphatic heterocycles. The average molecular weight is 296 g/mol. The molecule has 1 amide bonds. The van der Waals surface area contributed by atoms with E-state index >= 15 is 0 Å². The van der Waals surface area contributed by atoms with Gasteiger partial charge in [-0.3, -0.25) is 14.5 Å². The number of likely N-dealkylation sites (N-methyl/N-ethyl adjacent to an activating group) is 1. The summed E-state index contributed by atoms with van der Waals surface area (Å²) < 4.78 is 6.62. The molecule has 7 nitrogen and oxygen atoms in total. The highest BCUT2D eigenvalue weighted by Gasteiger charge is 2.15. The van der Waals surface area contributed by atoms with Crippen molar-refractivity contribution in [3.05, 3.63) is 12.3 Å². The summed E-state index contributed by atoms with van der Waals surface area (Å²) in [4.78, 5) is 25.2. The topological polar surface area (TPSA) is 76.5 Å². The first-order valence-corrected chi connectivity index (χ1v) is 7.19. The van der Waals surface area contributed by atoms with Gasteiger partial charge in [-0.2, -0.15) is 5.10 Å². The van der Waals surface area contributed by atoms with Crippen LogP contribution in [0, 0.1) is 0 Å². The van der Waals surface area contributed by atoms with Gasteiger partial charge in [-0.05, 0) is 27.3 Å². The van der Waals surface area contributed by atoms with E-state index in [9.17, 15) is 9.59 Å². The van der Waals surface area contributed by atoms with E-state index in [0.717, 1.165) is 0 Å². The monoisotopic (exact) mass is 296 g/mol. The van der Waals surface area contributed by atoms with Crippen molar-refractivity contribution < 1.29 is 14.3 Å². The summed E-state index contributed by atoms with van der Waals surface area (Å²) in [5, 5.41) is 6.96. The summed E-state index contributed by atoms with van der Waals surface area (Å²) in [7, 11) is 0. The van der Waals surface area contributed by atoms with Crippen LogP contribution in [0.5, 0.6) is 0 Å². The minimum absolute atomic E-state index is 0.112. The van der Waals surface area contributed by atoms with Crippen LogP contribution in [0.25, 0.3) is 0 Å². The molecule has 21 heavy (non-hydrogen) atoms. The van der Waals surface area contributed by atoms with Crippen molar-refractivity contribution in [2.45, 2.75) is 33.7 Å². The highest BCUT2D eigenvalue weighted by molar-refractivity contribution is 5.91. The molecule has 0 aromatic carbocycles. The lowest BCUT2D eigenvalue weighted by Crippen LogP contribution is -2.37. The number of amides is 1. The second kappa shape index (κ2) is 8.41. The van der Waals surface area contributed by atoms with Crippen LogP contribution >= 0.6 is 0 Å². The summed E-state index contributed by atoms with van der Waals surface area (Å²) in [6, 6.07) is 1.91. The number of ether oxygens (including phenoxy) is 1. The van der Waals surface area contributed by atoms with Crippen LogP contribution in [-0.2, 0) is 14.3 Å². The smallest absolute Gasteiger partial charge is 0.320 e. The van der Waals surface area contributed by atoms with Crippen LogP contribution < -0.4 is 5.32 Å². The average Bonchev–Trinajstić information content (AvgIpc) is 2.86. The Kier molecular flexibility index (Phi) is 6.87. The first-order valence-electron chi connectivity index (χ1n) is 7.19. The molecule has 0 aliphatic carbocycles. The maximum atomic E-state index is 12.0. The maximum Gasteiger partial charge on any atom is 0.320 e. The van der Waals surface area contributed by atoms with Gasteiger partial charge in [-0.1, -0.05) is 6.92 Å². The lowest BCUT2D eigenvalue weighted by atomic mass is 10.4. The number of rotatable bonds is 8. The van der Waals surface area contributed by atoms with Crippen molar-refractivity contribution in [3.8, 4) is 0 Å². The maximum absolute atomic E-state index is 12.0. The summed E-state index contributed by atoms with van der Waals surface area (Å²) in [5.74, 6) is 0.158. The first-order chi connectivity index (χ1) is 9.97. The Hall–Kier alpha value is -1.89. The van der Waals surface area contributed by atoms with Crippen molar-refractivity contribution in [1.82, 2.24) is 14.7 Å². The van der Waals surface area contributed by atoms with E-state index in [4.69, 9.17) is 4.74 Å². The van der Waals surface area contributed by atoms with Gasteiger partial charge in [0.2, 0.25) is 5.91 Å². The molecule has 0 spiro atoms. The van der Waals surface area contributed by atoms with Crippen molar-refractivity contribution in [3.63, 3.8) is 0 Å². The largest absolute Gasteiger partial charge is 0.465 e. The Bertz CT molecular complexity index is 471. The van der Waals surface area contributed by atoms with E-state index in [2.05, 4.69) is 10.4 Å². The molecular weight excluding hydrogens is 272 g/mol. The van der Waals surface area contributed by atoms with E-state index in [1.54, 1.807) is 28.8 Å². The lowest BCUT2D eigenvalue weighted by molar-refractivity contribution is -0.144. The SMILES string of the molecule is CCOC(=O)CN(CC)CC(=O)Nc1ccnn1C(C)C. The number of nitrogens with zero attached hydrogens (tertiary/aromatic N) is 3. The molecule has 0 saturated heterocycles. The standard InChI is InChI=1S/C14H24N4O3/c1-5-17(10-14(20)21-6-2)9-13(19)16-12-7-8-15-18(12)11(3)4/h7-8,11H,5-6,9-10H2,1-4H3,(H,16,19). The summed E-state index contributed by atoms with van der Waals surface area (Å²) in [6.07, 6.45) is 1.64. The highest BCUT2D eigenvalue weighted by Crippen LogP contribution is 2.12. The third kappa shape index (κ3) is 5.55. The van der Waals surface area contributed by atoms with Gasteiger partial charge in [0.25, 0.3) is 0 Å². The molecule has 0 bridgehead atoms. The molecule has 7 heteroatoms. The fraction of sp³-hybridized carbons (Fsp3) is 0.643. The van der Waals surface area contributed by atoms with E-state index in [0.29, 0.717) is 19.0 Å². The van der Waals surface area contributed by atoms with Gasteiger partial charge in [-0.25, -0.2) is 4.68 Å². The first kappa shape index (κ1) is 17.2. The van der Waals surface area contributed by atoms with Crippen LogP contribution in [0.1, 0.15) is 33.7 Å². The fourth-order valence-electron chi connectivity index (χ4n) is 1.88. The van der Waals surface area contributed by atoms with E-state index < -0.39 is 0 Å². The number of nitrogens with one attached hydrogen (secondary N) is 1. The predicted octanol–water partition coefficient (Wildman–Crippen LogP) is 1.29. The molecule has 1 heterocycles. The van der Waals surface area contributed by atoms with Gasteiger partial charge < -0.3 is 10.1 Å². The minimum atomic E-state index is -0.320. The quantitative estimate of drug-likeness (QED) is 0.731. The summed E-state index contributed by atoms with van der Waals surface area (Å²) in [5.41, 5.74) is 0. The second-order valence-corrected chi connectivity index (χ2v) is 4.91. The van der Waals surface area contributed by atoms with Crippen LogP contribution in [-0.4, -0.2) is 52.8 Å². The molecule has 0 atom stereocenters. The molecule has 0 radical (unpaired) electrons. The summed E-state index contributed by atoms with van der Waals surface area (Å²) in [6.45, 7) is 8.81. The summed E-state index contributed by atoms with van der Waals surface area (Å²) >= 11 is 0. The Morgan fingerprint density at radius 3 is 2.67 bits per heavy atom. The molecule has 1 rings (SSSR count). The van der Waals surface area contributed by atoms with Gasteiger partial charge in [-0.15, -0.1) is 0 Å². The van der Waals surface area contributed by atoms with Crippen LogP contribution in [0.3, 0.4) is 0 Å². The van der Waals surface area contributed by atoms with Crippen molar-refractivity contribution in [2.24, 2.45) is 0 Å². The van der Waals surface area contributed by atoms with Crippen LogP contribution in [0.4, 0.5) is 5.82 Å². The molecule has 0 unspecified atom stereocenters. The Balaban J connectivity index is 2.54. The zero-order valence-electron chi connectivity index (χ0n) is 13.1. The Labute approximate surface area is 125 Å². The molecule has 0 fully saturated rings. The van der Waals surface area contributed by atoms with Gasteiger partial charge in [0.1, 0.15) is 5.82 Å². The second-order valence-electron chi connectivity index (χ2n) is 4.91. The van der Waals surface area contributed by atoms with E-state index in [-0.39, 0.29) is 31.0 Å². The minimum Gasteiger partial charge on any atom is -0.465 e. The Morgan fingerprint density at radius 2 is 2.10 bits per heavy atom. The van der Waals surface area contributed by atoms with Crippen molar-refractivity contribution >= 4 is 17.7 Å². The van der Waals surface area contributed by atoms with Gasteiger partial charge in [0.15, 0.2) is 0 Å². The molecule has 118 valence electrons. The molecule has 1 aromatic rings. The third-order valence-corrected chi connectivity index (χ3v) is 2.90.